The minimum Gasteiger partial charge on any atom is -0.391 e. The zero-order valence-electron chi connectivity index (χ0n) is 14.4. The van der Waals surface area contributed by atoms with E-state index in [9.17, 15) is 9.90 Å². The van der Waals surface area contributed by atoms with Crippen molar-refractivity contribution in [3.05, 3.63) is 70.8 Å². The number of amides is 1. The molecule has 2 aromatic carbocycles. The van der Waals surface area contributed by atoms with Gasteiger partial charge in [-0.3, -0.25) is 4.79 Å². The molecular weight excluding hydrogens is 298 g/mol. The van der Waals surface area contributed by atoms with Gasteiger partial charge in [0.05, 0.1) is 12.5 Å². The van der Waals surface area contributed by atoms with Crippen LogP contribution in [0.5, 0.6) is 0 Å². The van der Waals surface area contributed by atoms with Crippen molar-refractivity contribution < 1.29 is 9.90 Å². The maximum atomic E-state index is 12.6. The van der Waals surface area contributed by atoms with Crippen LogP contribution in [-0.4, -0.2) is 35.1 Å². The number of carbonyl (C=O) groups is 1. The molecule has 0 aliphatic carbocycles. The second-order valence-corrected chi connectivity index (χ2v) is 6.82. The molecule has 0 spiro atoms. The van der Waals surface area contributed by atoms with E-state index in [0.29, 0.717) is 19.5 Å². The summed E-state index contributed by atoms with van der Waals surface area (Å²) in [6, 6.07) is 16.3. The van der Waals surface area contributed by atoms with Crippen molar-refractivity contribution in [3.63, 3.8) is 0 Å². The van der Waals surface area contributed by atoms with E-state index >= 15 is 0 Å². The quantitative estimate of drug-likeness (QED) is 0.942. The third kappa shape index (κ3) is 3.68. The first-order valence-electron chi connectivity index (χ1n) is 8.61. The van der Waals surface area contributed by atoms with Gasteiger partial charge in [0.2, 0.25) is 5.91 Å². The van der Waals surface area contributed by atoms with Gasteiger partial charge in [-0.15, -0.1) is 0 Å². The molecule has 1 aliphatic heterocycles. The number of nitrogens with zero attached hydrogens (tertiary/aromatic N) is 1. The number of hydrogen-bond acceptors (Lipinski definition) is 2. The lowest BCUT2D eigenvalue weighted by molar-refractivity contribution is -0.134. The number of piperidine rings is 1. The van der Waals surface area contributed by atoms with Crippen LogP contribution in [0.3, 0.4) is 0 Å². The van der Waals surface area contributed by atoms with E-state index in [1.165, 1.54) is 5.56 Å². The number of likely N-dealkylation sites (tertiary alicyclic amines) is 1. The molecule has 0 aromatic heterocycles. The fraction of sp³-hybridized carbons (Fsp3) is 0.381. The number of aryl methyl sites for hydroxylation is 2. The Morgan fingerprint density at radius 1 is 1.17 bits per heavy atom. The van der Waals surface area contributed by atoms with Gasteiger partial charge in [-0.25, -0.2) is 0 Å². The van der Waals surface area contributed by atoms with Crippen LogP contribution in [0.15, 0.2) is 48.5 Å². The first kappa shape index (κ1) is 16.7. The van der Waals surface area contributed by atoms with Crippen LogP contribution in [0.1, 0.15) is 34.6 Å². The Labute approximate surface area is 143 Å². The number of aliphatic hydroxyl groups is 1. The second-order valence-electron chi connectivity index (χ2n) is 6.82. The molecule has 0 unspecified atom stereocenters. The van der Waals surface area contributed by atoms with Crippen LogP contribution in [0.2, 0.25) is 0 Å². The molecule has 3 nitrogen and oxygen atoms in total. The highest BCUT2D eigenvalue weighted by molar-refractivity contribution is 5.79. The second kappa shape index (κ2) is 7.18. The van der Waals surface area contributed by atoms with E-state index in [2.05, 4.69) is 30.3 Å². The van der Waals surface area contributed by atoms with Gasteiger partial charge >= 0.3 is 0 Å². The van der Waals surface area contributed by atoms with Crippen molar-refractivity contribution in [2.75, 3.05) is 13.1 Å². The van der Waals surface area contributed by atoms with Gasteiger partial charge < -0.3 is 10.0 Å². The van der Waals surface area contributed by atoms with Gasteiger partial charge in [0, 0.05) is 19.0 Å². The van der Waals surface area contributed by atoms with Gasteiger partial charge in [0.15, 0.2) is 0 Å². The highest BCUT2D eigenvalue weighted by Crippen LogP contribution is 2.28. The topological polar surface area (TPSA) is 40.5 Å². The molecule has 0 radical (unpaired) electrons. The third-order valence-electron chi connectivity index (χ3n) is 5.01. The van der Waals surface area contributed by atoms with Crippen LogP contribution < -0.4 is 0 Å². The average molecular weight is 323 g/mol. The van der Waals surface area contributed by atoms with Crippen molar-refractivity contribution in [1.29, 1.82) is 0 Å². The summed E-state index contributed by atoms with van der Waals surface area (Å²) in [7, 11) is 0. The fourth-order valence-corrected chi connectivity index (χ4v) is 3.51. The van der Waals surface area contributed by atoms with E-state index < -0.39 is 6.10 Å². The summed E-state index contributed by atoms with van der Waals surface area (Å²) < 4.78 is 0. The minimum absolute atomic E-state index is 0.106. The summed E-state index contributed by atoms with van der Waals surface area (Å²) in [5.41, 5.74) is 4.56. The fourth-order valence-electron chi connectivity index (χ4n) is 3.51. The maximum absolute atomic E-state index is 12.6. The predicted molar refractivity (Wildman–Crippen MR) is 96.0 cm³/mol. The van der Waals surface area contributed by atoms with E-state index in [1.54, 1.807) is 0 Å². The highest BCUT2D eigenvalue weighted by atomic mass is 16.3. The lowest BCUT2D eigenvalue weighted by atomic mass is 9.87. The van der Waals surface area contributed by atoms with Crippen LogP contribution in [0, 0.1) is 13.8 Å². The molecular formula is C21H25NO2. The van der Waals surface area contributed by atoms with Crippen LogP contribution in [-0.2, 0) is 11.2 Å². The lowest BCUT2D eigenvalue weighted by Gasteiger charge is -2.36. The molecule has 0 saturated carbocycles. The van der Waals surface area contributed by atoms with Crippen molar-refractivity contribution in [2.24, 2.45) is 0 Å². The lowest BCUT2D eigenvalue weighted by Crippen LogP contribution is -2.46. The zero-order valence-corrected chi connectivity index (χ0v) is 14.4. The standard InChI is InChI=1S/C21H25NO2/c1-15-8-9-16(2)18(12-15)13-21(24)22-11-10-19(20(23)14-22)17-6-4-3-5-7-17/h3-9,12,19-20,23H,10-11,13-14H2,1-2H3/t19-,20+/m0/s1. The summed E-state index contributed by atoms with van der Waals surface area (Å²) >= 11 is 0. The number of rotatable bonds is 3. The molecule has 1 saturated heterocycles. The SMILES string of the molecule is Cc1ccc(C)c(CC(=O)N2CC[C@@H](c3ccccc3)[C@H](O)C2)c1. The Kier molecular flexibility index (Phi) is 5.00. The summed E-state index contributed by atoms with van der Waals surface area (Å²) in [5.74, 6) is 0.227. The van der Waals surface area contributed by atoms with Crippen LogP contribution >= 0.6 is 0 Å². The maximum Gasteiger partial charge on any atom is 0.227 e. The number of carbonyl (C=O) groups excluding carboxylic acids is 1. The van der Waals surface area contributed by atoms with Gasteiger partial charge in [-0.1, -0.05) is 54.1 Å². The van der Waals surface area contributed by atoms with Crippen molar-refractivity contribution in [1.82, 2.24) is 4.90 Å². The first-order valence-corrected chi connectivity index (χ1v) is 8.61. The Bertz CT molecular complexity index is 711. The molecule has 1 aliphatic rings. The molecule has 1 heterocycles. The molecule has 1 fully saturated rings. The minimum atomic E-state index is -0.497. The Hall–Kier alpha value is -2.13. The van der Waals surface area contributed by atoms with E-state index in [4.69, 9.17) is 0 Å². The zero-order chi connectivity index (χ0) is 17.1. The molecule has 2 atom stereocenters. The van der Waals surface area contributed by atoms with Gasteiger partial charge in [-0.2, -0.15) is 0 Å². The van der Waals surface area contributed by atoms with E-state index in [0.717, 1.165) is 23.1 Å². The molecule has 126 valence electrons. The molecule has 0 bridgehead atoms. The predicted octanol–water partition coefficient (Wildman–Crippen LogP) is 3.22. The Morgan fingerprint density at radius 2 is 1.92 bits per heavy atom. The molecule has 3 heteroatoms. The average Bonchev–Trinajstić information content (AvgIpc) is 2.59. The summed E-state index contributed by atoms with van der Waals surface area (Å²) in [6.07, 6.45) is 0.726. The van der Waals surface area contributed by atoms with Gasteiger partial charge in [-0.05, 0) is 37.0 Å². The van der Waals surface area contributed by atoms with Gasteiger partial charge in [0.25, 0.3) is 0 Å². The summed E-state index contributed by atoms with van der Waals surface area (Å²) in [4.78, 5) is 14.4. The molecule has 1 N–H and O–H groups in total. The Morgan fingerprint density at radius 3 is 2.62 bits per heavy atom. The number of β-amino-alcohol motifs (C(OH)–C–C–N with tert-alkyl or cyclic N) is 1. The largest absolute Gasteiger partial charge is 0.391 e. The molecule has 2 aromatic rings. The Balaban J connectivity index is 1.65. The van der Waals surface area contributed by atoms with Crippen LogP contribution in [0.4, 0.5) is 0 Å². The summed E-state index contributed by atoms with van der Waals surface area (Å²) in [5, 5.41) is 10.5. The van der Waals surface area contributed by atoms with Crippen LogP contribution in [0.25, 0.3) is 0 Å². The summed E-state index contributed by atoms with van der Waals surface area (Å²) in [6.45, 7) is 5.21. The van der Waals surface area contributed by atoms with E-state index in [1.807, 2.05) is 36.9 Å². The van der Waals surface area contributed by atoms with Crippen molar-refractivity contribution in [3.8, 4) is 0 Å². The molecule has 1 amide bonds. The molecule has 24 heavy (non-hydrogen) atoms. The van der Waals surface area contributed by atoms with Crippen molar-refractivity contribution in [2.45, 2.75) is 38.7 Å². The first-order chi connectivity index (χ1) is 11.5. The smallest absolute Gasteiger partial charge is 0.227 e. The monoisotopic (exact) mass is 323 g/mol. The van der Waals surface area contributed by atoms with Gasteiger partial charge in [0.1, 0.15) is 0 Å². The van der Waals surface area contributed by atoms with Crippen molar-refractivity contribution >= 4 is 5.91 Å². The highest BCUT2D eigenvalue weighted by Gasteiger charge is 2.31. The number of benzene rings is 2. The molecule has 3 rings (SSSR count). The van der Waals surface area contributed by atoms with E-state index in [-0.39, 0.29) is 11.8 Å². The number of aliphatic hydroxyl groups excluding tert-OH is 1. The normalized spacial score (nSPS) is 20.9. The third-order valence-corrected chi connectivity index (χ3v) is 5.01. The number of hydrogen-bond donors (Lipinski definition) is 1.